The minimum atomic E-state index is 0.968. The van der Waals surface area contributed by atoms with E-state index in [-0.39, 0.29) is 0 Å². The monoisotopic (exact) mass is 363 g/mol. The first-order valence-corrected chi connectivity index (χ1v) is 10.4. The topological polar surface area (TPSA) is 28.6 Å². The molecule has 130 valence electrons. The molecule has 1 aliphatic heterocycles. The van der Waals surface area contributed by atoms with Crippen molar-refractivity contribution in [3.05, 3.63) is 34.8 Å². The van der Waals surface area contributed by atoms with E-state index in [2.05, 4.69) is 40.1 Å². The van der Waals surface area contributed by atoms with Crippen molar-refractivity contribution < 1.29 is 4.74 Å². The molecule has 0 amide bonds. The van der Waals surface area contributed by atoms with Crippen LogP contribution in [0.15, 0.2) is 28.6 Å². The highest BCUT2D eigenvalue weighted by atomic mass is 32.2. The van der Waals surface area contributed by atoms with Gasteiger partial charge in [-0.1, -0.05) is 23.9 Å². The van der Waals surface area contributed by atoms with E-state index in [0.29, 0.717) is 0 Å². The number of hydrogen-bond donors (Lipinski definition) is 0. The number of aromatic nitrogens is 1. The lowest BCUT2D eigenvalue weighted by atomic mass is 10.2. The Bertz CT molecular complexity index is 666. The van der Waals surface area contributed by atoms with E-state index >= 15 is 0 Å². The zero-order chi connectivity index (χ0) is 16.9. The fraction of sp³-hybridized carbons (Fsp3) is 0.500. The molecule has 0 saturated carbocycles. The molecule has 0 bridgehead atoms. The van der Waals surface area contributed by atoms with Gasteiger partial charge in [0.05, 0.1) is 18.5 Å². The first kappa shape index (κ1) is 17.6. The minimum Gasteiger partial charge on any atom is -0.495 e. The summed E-state index contributed by atoms with van der Waals surface area (Å²) in [7, 11) is 1.75. The van der Waals surface area contributed by atoms with Crippen molar-refractivity contribution in [2.75, 3.05) is 51.0 Å². The first-order valence-electron chi connectivity index (χ1n) is 8.32. The number of piperazine rings is 1. The Balaban J connectivity index is 1.52. The lowest BCUT2D eigenvalue weighted by Gasteiger charge is -2.36. The maximum atomic E-state index is 5.49. The number of rotatable bonds is 6. The number of benzene rings is 1. The quantitative estimate of drug-likeness (QED) is 0.732. The molecule has 4 nitrogen and oxygen atoms in total. The number of methoxy groups -OCH3 is 1. The average Bonchev–Trinajstić information content (AvgIpc) is 3.00. The van der Waals surface area contributed by atoms with Crippen molar-refractivity contribution >= 4 is 28.8 Å². The Morgan fingerprint density at radius 1 is 1.21 bits per heavy atom. The van der Waals surface area contributed by atoms with Crippen molar-refractivity contribution in [2.24, 2.45) is 0 Å². The third-order valence-electron chi connectivity index (χ3n) is 4.50. The molecule has 2 aromatic rings. The summed E-state index contributed by atoms with van der Waals surface area (Å²) in [4.78, 5) is 11.0. The molecule has 0 aliphatic carbocycles. The molecule has 1 saturated heterocycles. The van der Waals surface area contributed by atoms with Gasteiger partial charge in [0.2, 0.25) is 0 Å². The number of aryl methyl sites for hydroxylation is 1. The molecule has 1 aromatic heterocycles. The number of hydrogen-bond acceptors (Lipinski definition) is 6. The van der Waals surface area contributed by atoms with E-state index in [1.54, 1.807) is 18.9 Å². The van der Waals surface area contributed by atoms with E-state index in [9.17, 15) is 0 Å². The third kappa shape index (κ3) is 4.05. The second kappa shape index (κ2) is 8.23. The number of thioether (sulfide) groups is 1. The van der Waals surface area contributed by atoms with Crippen molar-refractivity contribution in [2.45, 2.75) is 17.7 Å². The highest BCUT2D eigenvalue weighted by Gasteiger charge is 2.19. The number of ether oxygens (including phenoxy) is 1. The fourth-order valence-corrected chi connectivity index (χ4v) is 4.73. The molecule has 0 N–H and O–H groups in total. The molecule has 1 aromatic carbocycles. The van der Waals surface area contributed by atoms with Crippen molar-refractivity contribution in [1.29, 1.82) is 0 Å². The maximum absolute atomic E-state index is 5.49. The van der Waals surface area contributed by atoms with E-state index in [1.165, 1.54) is 20.6 Å². The largest absolute Gasteiger partial charge is 0.495 e. The smallest absolute Gasteiger partial charge is 0.150 e. The maximum Gasteiger partial charge on any atom is 0.150 e. The van der Waals surface area contributed by atoms with Crippen molar-refractivity contribution in [3.8, 4) is 5.75 Å². The van der Waals surface area contributed by atoms with Gasteiger partial charge in [0, 0.05) is 37.6 Å². The standard InChI is InChI=1S/C18H25N3OS2/c1-14-17(24-18(19-14)23-3)8-9-20-10-12-21(13-11-20)15-6-4-5-7-16(15)22-2/h4-7H,8-13H2,1-3H3. The van der Waals surface area contributed by atoms with Gasteiger partial charge in [-0.05, 0) is 31.7 Å². The van der Waals surface area contributed by atoms with Gasteiger partial charge in [0.15, 0.2) is 0 Å². The minimum absolute atomic E-state index is 0.968. The van der Waals surface area contributed by atoms with E-state index in [1.807, 2.05) is 23.5 Å². The molecule has 1 fully saturated rings. The van der Waals surface area contributed by atoms with Crippen LogP contribution in [0.3, 0.4) is 0 Å². The van der Waals surface area contributed by atoms with Crippen LogP contribution in [0.1, 0.15) is 10.6 Å². The van der Waals surface area contributed by atoms with E-state index in [4.69, 9.17) is 4.74 Å². The Kier molecular flexibility index (Phi) is 6.03. The fourth-order valence-electron chi connectivity index (χ4n) is 3.08. The number of nitrogens with zero attached hydrogens (tertiary/aromatic N) is 3. The van der Waals surface area contributed by atoms with Gasteiger partial charge < -0.3 is 9.64 Å². The van der Waals surface area contributed by atoms with E-state index in [0.717, 1.165) is 44.9 Å². The molecule has 1 aliphatic rings. The van der Waals surface area contributed by atoms with Gasteiger partial charge in [-0.25, -0.2) is 4.98 Å². The molecule has 0 radical (unpaired) electrons. The van der Waals surface area contributed by atoms with Crippen LogP contribution < -0.4 is 9.64 Å². The summed E-state index contributed by atoms with van der Waals surface area (Å²) in [6, 6.07) is 8.30. The van der Waals surface area contributed by atoms with Crippen LogP contribution >= 0.6 is 23.1 Å². The first-order chi connectivity index (χ1) is 11.7. The highest BCUT2D eigenvalue weighted by molar-refractivity contribution is 8.00. The van der Waals surface area contributed by atoms with Gasteiger partial charge in [-0.2, -0.15) is 0 Å². The number of anilines is 1. The van der Waals surface area contributed by atoms with Crippen molar-refractivity contribution in [3.63, 3.8) is 0 Å². The predicted octanol–water partition coefficient (Wildman–Crippen LogP) is 3.55. The summed E-state index contributed by atoms with van der Waals surface area (Å²) >= 11 is 3.59. The molecule has 0 atom stereocenters. The molecular formula is C18H25N3OS2. The summed E-state index contributed by atoms with van der Waals surface area (Å²) in [6.07, 6.45) is 3.21. The molecule has 3 rings (SSSR count). The van der Waals surface area contributed by atoms with Crippen LogP contribution in [-0.4, -0.2) is 56.0 Å². The van der Waals surface area contributed by atoms with Crippen LogP contribution in [0.4, 0.5) is 5.69 Å². The Morgan fingerprint density at radius 2 is 1.96 bits per heavy atom. The van der Waals surface area contributed by atoms with Crippen LogP contribution in [0.25, 0.3) is 0 Å². The van der Waals surface area contributed by atoms with Gasteiger partial charge in [0.25, 0.3) is 0 Å². The summed E-state index contributed by atoms with van der Waals surface area (Å²) in [5.74, 6) is 0.968. The lowest BCUT2D eigenvalue weighted by molar-refractivity contribution is 0.260. The zero-order valence-electron chi connectivity index (χ0n) is 14.6. The molecule has 0 unspecified atom stereocenters. The van der Waals surface area contributed by atoms with Gasteiger partial charge in [0.1, 0.15) is 10.1 Å². The number of para-hydroxylation sites is 2. The third-order valence-corrected chi connectivity index (χ3v) is 6.70. The summed E-state index contributed by atoms with van der Waals surface area (Å²) in [5.41, 5.74) is 2.42. The number of thiazole rings is 1. The predicted molar refractivity (Wildman–Crippen MR) is 104 cm³/mol. The van der Waals surface area contributed by atoms with Gasteiger partial charge in [-0.3, -0.25) is 4.90 Å². The lowest BCUT2D eigenvalue weighted by Crippen LogP contribution is -2.47. The van der Waals surface area contributed by atoms with Gasteiger partial charge in [-0.15, -0.1) is 11.3 Å². The summed E-state index contributed by atoms with van der Waals surface area (Å²) < 4.78 is 6.68. The van der Waals surface area contributed by atoms with Crippen LogP contribution in [0, 0.1) is 6.92 Å². The molecule has 2 heterocycles. The van der Waals surface area contributed by atoms with E-state index < -0.39 is 0 Å². The normalized spacial score (nSPS) is 15.7. The summed E-state index contributed by atoms with van der Waals surface area (Å²) in [6.45, 7) is 7.56. The SMILES string of the molecule is COc1ccccc1N1CCN(CCc2sc(SC)nc2C)CC1. The zero-order valence-corrected chi connectivity index (χ0v) is 16.3. The summed E-state index contributed by atoms with van der Waals surface area (Å²) in [5, 5.41) is 0. The van der Waals surface area contributed by atoms with Crippen LogP contribution in [0.5, 0.6) is 5.75 Å². The highest BCUT2D eigenvalue weighted by Crippen LogP contribution is 2.29. The average molecular weight is 364 g/mol. The molecule has 24 heavy (non-hydrogen) atoms. The Morgan fingerprint density at radius 3 is 2.62 bits per heavy atom. The second-order valence-electron chi connectivity index (χ2n) is 5.94. The van der Waals surface area contributed by atoms with Crippen molar-refractivity contribution in [1.82, 2.24) is 9.88 Å². The van der Waals surface area contributed by atoms with Gasteiger partial charge >= 0.3 is 0 Å². The molecule has 0 spiro atoms. The molecular weight excluding hydrogens is 338 g/mol. The van der Waals surface area contributed by atoms with Crippen LogP contribution in [-0.2, 0) is 6.42 Å². The Labute approximate surface area is 152 Å². The van der Waals surface area contributed by atoms with Crippen LogP contribution in [0.2, 0.25) is 0 Å². The Hall–Kier alpha value is -1.24. The molecule has 6 heteroatoms. The second-order valence-corrected chi connectivity index (χ2v) is 8.08.